The second-order valence-electron chi connectivity index (χ2n) is 5.65. The highest BCUT2D eigenvalue weighted by atomic mass is 16.5. The molecule has 3 rings (SSSR count). The number of benzene rings is 1. The van der Waals surface area contributed by atoms with Gasteiger partial charge in [-0.1, -0.05) is 24.3 Å². The zero-order chi connectivity index (χ0) is 19.6. The molecule has 0 N–H and O–H groups in total. The van der Waals surface area contributed by atoms with Gasteiger partial charge in [-0.2, -0.15) is 0 Å². The maximum Gasteiger partial charge on any atom is 0.355 e. The maximum atomic E-state index is 12.8. The molecule has 2 aromatic heterocycles. The number of nitrogens with zero attached hydrogens (tertiary/aromatic N) is 1. The van der Waals surface area contributed by atoms with E-state index < -0.39 is 17.9 Å². The molecule has 140 valence electrons. The van der Waals surface area contributed by atoms with Crippen LogP contribution in [0.25, 0.3) is 16.3 Å². The van der Waals surface area contributed by atoms with Crippen LogP contribution >= 0.6 is 0 Å². The van der Waals surface area contributed by atoms with Crippen LogP contribution < -0.4 is 0 Å². The third kappa shape index (κ3) is 3.01. The summed E-state index contributed by atoms with van der Waals surface area (Å²) >= 11 is 0. The van der Waals surface area contributed by atoms with Gasteiger partial charge in [-0.3, -0.25) is 0 Å². The van der Waals surface area contributed by atoms with Gasteiger partial charge in [-0.15, -0.1) is 0 Å². The smallest absolute Gasteiger partial charge is 0.355 e. The zero-order valence-electron chi connectivity index (χ0n) is 15.3. The summed E-state index contributed by atoms with van der Waals surface area (Å²) in [7, 11) is 1.21. The minimum atomic E-state index is -0.784. The molecule has 27 heavy (non-hydrogen) atoms. The number of pyridine rings is 1. The molecular weight excluding hydrogens is 350 g/mol. The summed E-state index contributed by atoms with van der Waals surface area (Å²) in [5.41, 5.74) is 0.167. The molecule has 2 heterocycles. The molecule has 0 aliphatic heterocycles. The van der Waals surface area contributed by atoms with E-state index in [1.54, 1.807) is 26.1 Å². The normalized spacial score (nSPS) is 10.8. The van der Waals surface area contributed by atoms with E-state index in [0.717, 1.165) is 5.39 Å². The van der Waals surface area contributed by atoms with Crippen molar-refractivity contribution in [3.63, 3.8) is 0 Å². The monoisotopic (exact) mass is 369 g/mol. The predicted molar refractivity (Wildman–Crippen MR) is 98.2 cm³/mol. The molecule has 0 bridgehead atoms. The van der Waals surface area contributed by atoms with Crippen LogP contribution in [0.5, 0.6) is 0 Å². The molecule has 0 spiro atoms. The standard InChI is InChI=1S/C20H19NO6/c1-4-26-18(22)14-15(19(23)27-5-2)17(20(24)25-3)21-11-10-12-8-6-7-9-13(12)16(14)21/h6-11H,4-5H2,1-3H3. The van der Waals surface area contributed by atoms with Gasteiger partial charge < -0.3 is 18.6 Å². The fourth-order valence-electron chi connectivity index (χ4n) is 3.12. The van der Waals surface area contributed by atoms with Gasteiger partial charge in [0.25, 0.3) is 0 Å². The summed E-state index contributed by atoms with van der Waals surface area (Å²) in [6.45, 7) is 3.52. The molecule has 0 aliphatic rings. The van der Waals surface area contributed by atoms with Crippen LogP contribution in [0.2, 0.25) is 0 Å². The molecule has 0 unspecified atom stereocenters. The first-order chi connectivity index (χ1) is 13.0. The highest BCUT2D eigenvalue weighted by molar-refractivity contribution is 6.18. The maximum absolute atomic E-state index is 12.8. The zero-order valence-corrected chi connectivity index (χ0v) is 15.3. The van der Waals surface area contributed by atoms with Crippen LogP contribution in [0.4, 0.5) is 0 Å². The van der Waals surface area contributed by atoms with Gasteiger partial charge >= 0.3 is 17.9 Å². The van der Waals surface area contributed by atoms with Crippen LogP contribution in [0.1, 0.15) is 45.1 Å². The average Bonchev–Trinajstić information content (AvgIpc) is 3.03. The number of ether oxygens (including phenoxy) is 3. The molecule has 7 nitrogen and oxygen atoms in total. The van der Waals surface area contributed by atoms with E-state index in [1.165, 1.54) is 11.5 Å². The Hall–Kier alpha value is -3.35. The van der Waals surface area contributed by atoms with Gasteiger partial charge in [0.2, 0.25) is 0 Å². The Bertz CT molecular complexity index is 1050. The summed E-state index contributed by atoms with van der Waals surface area (Å²) in [6, 6.07) is 9.15. The van der Waals surface area contributed by atoms with Crippen molar-refractivity contribution in [2.45, 2.75) is 13.8 Å². The fraction of sp³-hybridized carbons (Fsp3) is 0.250. The summed E-state index contributed by atoms with van der Waals surface area (Å²) < 4.78 is 16.6. The van der Waals surface area contributed by atoms with Gasteiger partial charge in [-0.25, -0.2) is 14.4 Å². The van der Waals surface area contributed by atoms with E-state index >= 15 is 0 Å². The number of fused-ring (bicyclic) bond motifs is 3. The number of hydrogen-bond acceptors (Lipinski definition) is 6. The fourth-order valence-corrected chi connectivity index (χ4v) is 3.12. The molecule has 0 saturated heterocycles. The highest BCUT2D eigenvalue weighted by Gasteiger charge is 2.34. The van der Waals surface area contributed by atoms with E-state index in [-0.39, 0.29) is 30.0 Å². The minimum Gasteiger partial charge on any atom is -0.464 e. The number of hydrogen-bond donors (Lipinski definition) is 0. The van der Waals surface area contributed by atoms with Crippen molar-refractivity contribution < 1.29 is 28.6 Å². The quantitative estimate of drug-likeness (QED) is 0.507. The summed E-state index contributed by atoms with van der Waals surface area (Å²) in [4.78, 5) is 37.9. The van der Waals surface area contributed by atoms with Crippen LogP contribution in [0.3, 0.4) is 0 Å². The first-order valence-electron chi connectivity index (χ1n) is 8.53. The first-order valence-corrected chi connectivity index (χ1v) is 8.53. The lowest BCUT2D eigenvalue weighted by atomic mass is 10.1. The molecule has 0 fully saturated rings. The third-order valence-corrected chi connectivity index (χ3v) is 4.16. The lowest BCUT2D eigenvalue weighted by Gasteiger charge is -2.06. The number of esters is 3. The third-order valence-electron chi connectivity index (χ3n) is 4.16. The molecule has 0 amide bonds. The number of methoxy groups -OCH3 is 1. The van der Waals surface area contributed by atoms with Crippen molar-refractivity contribution in [3.05, 3.63) is 53.3 Å². The van der Waals surface area contributed by atoms with Crippen molar-refractivity contribution in [2.24, 2.45) is 0 Å². The first kappa shape index (κ1) is 18.4. The van der Waals surface area contributed by atoms with Crippen molar-refractivity contribution in [3.8, 4) is 0 Å². The Morgan fingerprint density at radius 2 is 1.52 bits per heavy atom. The second kappa shape index (κ2) is 7.49. The molecule has 0 radical (unpaired) electrons. The van der Waals surface area contributed by atoms with Crippen LogP contribution in [0.15, 0.2) is 36.5 Å². The molecule has 3 aromatic rings. The number of carbonyl (C=O) groups is 3. The van der Waals surface area contributed by atoms with Crippen molar-refractivity contribution in [1.29, 1.82) is 0 Å². The second-order valence-corrected chi connectivity index (χ2v) is 5.65. The summed E-state index contributed by atoms with van der Waals surface area (Å²) in [6.07, 6.45) is 1.62. The van der Waals surface area contributed by atoms with Gasteiger partial charge in [-0.05, 0) is 25.3 Å². The molecule has 7 heteroatoms. The number of aromatic nitrogens is 1. The van der Waals surface area contributed by atoms with Gasteiger partial charge in [0.15, 0.2) is 0 Å². The Balaban J connectivity index is 2.52. The Labute approximate surface area is 155 Å². The van der Waals surface area contributed by atoms with E-state index in [4.69, 9.17) is 14.2 Å². The van der Waals surface area contributed by atoms with Crippen molar-refractivity contribution in [2.75, 3.05) is 20.3 Å². The summed E-state index contributed by atoms with van der Waals surface area (Å²) in [5.74, 6) is -2.24. The van der Waals surface area contributed by atoms with E-state index in [2.05, 4.69) is 0 Å². The Morgan fingerprint density at radius 3 is 2.15 bits per heavy atom. The van der Waals surface area contributed by atoms with E-state index in [1.807, 2.05) is 24.3 Å². The SMILES string of the molecule is CCOC(=O)c1c(C(=O)OCC)c2c3ccccc3ccn2c1C(=O)OC. The van der Waals surface area contributed by atoms with Crippen LogP contribution in [-0.2, 0) is 14.2 Å². The Morgan fingerprint density at radius 1 is 0.889 bits per heavy atom. The molecule has 0 saturated carbocycles. The number of carbonyl (C=O) groups excluding carboxylic acids is 3. The molecule has 0 aliphatic carbocycles. The lowest BCUT2D eigenvalue weighted by molar-refractivity contribution is 0.0472. The highest BCUT2D eigenvalue weighted by Crippen LogP contribution is 2.32. The molecule has 0 atom stereocenters. The molecule has 1 aromatic carbocycles. The van der Waals surface area contributed by atoms with E-state index in [9.17, 15) is 14.4 Å². The van der Waals surface area contributed by atoms with Crippen molar-refractivity contribution >= 4 is 34.2 Å². The van der Waals surface area contributed by atoms with Crippen LogP contribution in [-0.4, -0.2) is 42.6 Å². The average molecular weight is 369 g/mol. The topological polar surface area (TPSA) is 83.3 Å². The Kier molecular flexibility index (Phi) is 5.12. The van der Waals surface area contributed by atoms with Gasteiger partial charge in [0, 0.05) is 11.6 Å². The van der Waals surface area contributed by atoms with E-state index in [0.29, 0.717) is 10.9 Å². The molecular formula is C20H19NO6. The lowest BCUT2D eigenvalue weighted by Crippen LogP contribution is -2.17. The van der Waals surface area contributed by atoms with Crippen molar-refractivity contribution in [1.82, 2.24) is 4.40 Å². The number of rotatable bonds is 5. The minimum absolute atomic E-state index is 0.00694. The predicted octanol–water partition coefficient (Wildman–Crippen LogP) is 3.23. The van der Waals surface area contributed by atoms with Crippen LogP contribution in [0, 0.1) is 0 Å². The largest absolute Gasteiger partial charge is 0.464 e. The van der Waals surface area contributed by atoms with Gasteiger partial charge in [0.05, 0.1) is 25.8 Å². The summed E-state index contributed by atoms with van der Waals surface area (Å²) in [5, 5.41) is 1.55. The van der Waals surface area contributed by atoms with Gasteiger partial charge in [0.1, 0.15) is 16.8 Å².